The summed E-state index contributed by atoms with van der Waals surface area (Å²) in [7, 11) is 0. The van der Waals surface area contributed by atoms with Gasteiger partial charge in [0.1, 0.15) is 5.82 Å². The molecule has 0 N–H and O–H groups in total. The molecule has 0 amide bonds. The van der Waals surface area contributed by atoms with E-state index in [2.05, 4.69) is 6.07 Å². The van der Waals surface area contributed by atoms with Crippen LogP contribution in [-0.2, 0) is 5.41 Å². The van der Waals surface area contributed by atoms with Crippen molar-refractivity contribution in [1.29, 1.82) is 5.26 Å². The molecule has 0 aromatic heterocycles. The number of nitrogens with zero attached hydrogens (tertiary/aromatic N) is 1. The average Bonchev–Trinajstić information content (AvgIpc) is 2.93. The maximum atomic E-state index is 13.6. The molecule has 0 aliphatic heterocycles. The predicted octanol–water partition coefficient (Wildman–Crippen LogP) is 3.67. The van der Waals surface area contributed by atoms with Crippen molar-refractivity contribution in [2.75, 3.05) is 0 Å². The van der Waals surface area contributed by atoms with Crippen molar-refractivity contribution in [3.05, 3.63) is 34.6 Å². The molecule has 0 radical (unpaired) electrons. The normalized spacial score (nSPS) is 28.5. The number of hydrogen-bond acceptors (Lipinski definition) is 1. The first kappa shape index (κ1) is 10.4. The van der Waals surface area contributed by atoms with E-state index >= 15 is 0 Å². The monoisotopic (exact) mass is 223 g/mol. The fourth-order valence-corrected chi connectivity index (χ4v) is 2.58. The zero-order valence-electron chi connectivity index (χ0n) is 8.43. The molecule has 0 saturated heterocycles. The Morgan fingerprint density at radius 2 is 2.40 bits per heavy atom. The molecule has 1 fully saturated rings. The first-order valence-electron chi connectivity index (χ1n) is 5.01. The predicted molar refractivity (Wildman–Crippen MR) is 57.1 cm³/mol. The van der Waals surface area contributed by atoms with Crippen molar-refractivity contribution in [2.24, 2.45) is 5.92 Å². The molecule has 0 heterocycles. The summed E-state index contributed by atoms with van der Waals surface area (Å²) < 4.78 is 13.6. The molecule has 0 spiro atoms. The molecular weight excluding hydrogens is 213 g/mol. The van der Waals surface area contributed by atoms with Crippen LogP contribution in [0.5, 0.6) is 0 Å². The van der Waals surface area contributed by atoms with Crippen LogP contribution in [0.2, 0.25) is 5.02 Å². The number of nitriles is 1. The zero-order chi connectivity index (χ0) is 11.1. The fourth-order valence-electron chi connectivity index (χ4n) is 2.25. The highest BCUT2D eigenvalue weighted by atomic mass is 35.5. The molecule has 78 valence electrons. The molecule has 1 aliphatic carbocycles. The fraction of sp³-hybridized carbons (Fsp3) is 0.417. The Morgan fingerprint density at radius 1 is 1.67 bits per heavy atom. The first-order valence-corrected chi connectivity index (χ1v) is 5.39. The van der Waals surface area contributed by atoms with E-state index < -0.39 is 5.41 Å². The lowest BCUT2D eigenvalue weighted by Gasteiger charge is -2.11. The highest BCUT2D eigenvalue weighted by molar-refractivity contribution is 6.31. The van der Waals surface area contributed by atoms with Gasteiger partial charge in [0.05, 0.1) is 11.5 Å². The summed E-state index contributed by atoms with van der Waals surface area (Å²) in [6.45, 7) is 2.01. The lowest BCUT2D eigenvalue weighted by Crippen LogP contribution is -2.10. The van der Waals surface area contributed by atoms with Gasteiger partial charge in [-0.25, -0.2) is 4.39 Å². The van der Waals surface area contributed by atoms with Gasteiger partial charge < -0.3 is 0 Å². The van der Waals surface area contributed by atoms with Gasteiger partial charge in [-0.05, 0) is 24.5 Å². The molecule has 2 unspecified atom stereocenters. The molecule has 2 atom stereocenters. The van der Waals surface area contributed by atoms with Crippen molar-refractivity contribution in [3.63, 3.8) is 0 Å². The van der Waals surface area contributed by atoms with Gasteiger partial charge in [-0.15, -0.1) is 0 Å². The van der Waals surface area contributed by atoms with Crippen LogP contribution in [0.15, 0.2) is 18.2 Å². The molecule has 1 saturated carbocycles. The van der Waals surface area contributed by atoms with Gasteiger partial charge in [0, 0.05) is 10.6 Å². The number of benzene rings is 1. The highest BCUT2D eigenvalue weighted by Gasteiger charge is 2.57. The van der Waals surface area contributed by atoms with Gasteiger partial charge in [0.15, 0.2) is 0 Å². The van der Waals surface area contributed by atoms with Crippen LogP contribution in [0.1, 0.15) is 25.3 Å². The molecular formula is C12H11ClFN. The van der Waals surface area contributed by atoms with Crippen molar-refractivity contribution in [3.8, 4) is 6.07 Å². The van der Waals surface area contributed by atoms with E-state index in [4.69, 9.17) is 11.6 Å². The smallest absolute Gasteiger partial charge is 0.129 e. The molecule has 1 aromatic rings. The average molecular weight is 224 g/mol. The van der Waals surface area contributed by atoms with Crippen LogP contribution >= 0.6 is 11.6 Å². The molecule has 1 nitrogen and oxygen atoms in total. The van der Waals surface area contributed by atoms with Gasteiger partial charge in [-0.2, -0.15) is 5.26 Å². The number of rotatable bonds is 2. The molecule has 2 rings (SSSR count). The van der Waals surface area contributed by atoms with E-state index in [0.29, 0.717) is 10.6 Å². The largest absolute Gasteiger partial charge is 0.207 e. The summed E-state index contributed by atoms with van der Waals surface area (Å²) in [6.07, 6.45) is 1.61. The third-order valence-electron chi connectivity index (χ3n) is 3.21. The Balaban J connectivity index is 2.51. The van der Waals surface area contributed by atoms with Crippen LogP contribution in [0, 0.1) is 23.1 Å². The van der Waals surface area contributed by atoms with E-state index in [1.54, 1.807) is 12.1 Å². The van der Waals surface area contributed by atoms with Gasteiger partial charge in [-0.3, -0.25) is 0 Å². The van der Waals surface area contributed by atoms with Crippen LogP contribution < -0.4 is 0 Å². The SMILES string of the molecule is CCC1CC1(C#N)c1c(F)cccc1Cl. The summed E-state index contributed by atoms with van der Waals surface area (Å²) in [5.41, 5.74) is -0.280. The van der Waals surface area contributed by atoms with Crippen molar-refractivity contribution in [2.45, 2.75) is 25.2 Å². The summed E-state index contributed by atoms with van der Waals surface area (Å²) in [5, 5.41) is 9.55. The second-order valence-corrected chi connectivity index (χ2v) is 4.40. The second kappa shape index (κ2) is 3.50. The van der Waals surface area contributed by atoms with E-state index in [9.17, 15) is 9.65 Å². The van der Waals surface area contributed by atoms with E-state index in [0.717, 1.165) is 12.8 Å². The van der Waals surface area contributed by atoms with E-state index in [1.807, 2.05) is 6.92 Å². The van der Waals surface area contributed by atoms with Crippen molar-refractivity contribution < 1.29 is 4.39 Å². The second-order valence-electron chi connectivity index (χ2n) is 3.99. The van der Waals surface area contributed by atoms with Gasteiger partial charge in [0.25, 0.3) is 0 Å². The number of hydrogen-bond donors (Lipinski definition) is 0. The molecule has 3 heteroatoms. The lowest BCUT2D eigenvalue weighted by molar-refractivity contribution is 0.584. The third kappa shape index (κ3) is 1.42. The Labute approximate surface area is 93.5 Å². The molecule has 15 heavy (non-hydrogen) atoms. The minimum atomic E-state index is -0.669. The minimum absolute atomic E-state index is 0.247. The van der Waals surface area contributed by atoms with Crippen LogP contribution in [-0.4, -0.2) is 0 Å². The minimum Gasteiger partial charge on any atom is -0.207 e. The quantitative estimate of drug-likeness (QED) is 0.751. The summed E-state index contributed by atoms with van der Waals surface area (Å²) in [5.74, 6) is -0.114. The maximum Gasteiger partial charge on any atom is 0.129 e. The standard InChI is InChI=1S/C12H11ClFN/c1-2-8-6-12(8,7-15)11-9(13)4-3-5-10(11)14/h3-5,8H,2,6H2,1H3. The van der Waals surface area contributed by atoms with Crippen LogP contribution in [0.3, 0.4) is 0 Å². The van der Waals surface area contributed by atoms with Gasteiger partial charge in [-0.1, -0.05) is 31.0 Å². The van der Waals surface area contributed by atoms with Gasteiger partial charge in [0.2, 0.25) is 0 Å². The molecule has 0 bridgehead atoms. The van der Waals surface area contributed by atoms with Crippen molar-refractivity contribution >= 4 is 11.6 Å². The van der Waals surface area contributed by atoms with Crippen LogP contribution in [0.4, 0.5) is 4.39 Å². The molecule has 1 aliphatic rings. The zero-order valence-corrected chi connectivity index (χ0v) is 9.18. The van der Waals surface area contributed by atoms with E-state index in [1.165, 1.54) is 6.07 Å². The van der Waals surface area contributed by atoms with Crippen LogP contribution in [0.25, 0.3) is 0 Å². The Kier molecular flexibility index (Phi) is 2.44. The Hall–Kier alpha value is -1.07. The van der Waals surface area contributed by atoms with Gasteiger partial charge >= 0.3 is 0 Å². The summed E-state index contributed by atoms with van der Waals surface area (Å²) >= 11 is 5.96. The summed E-state index contributed by atoms with van der Waals surface area (Å²) in [4.78, 5) is 0. The van der Waals surface area contributed by atoms with E-state index in [-0.39, 0.29) is 11.7 Å². The maximum absolute atomic E-state index is 13.6. The third-order valence-corrected chi connectivity index (χ3v) is 3.52. The summed E-state index contributed by atoms with van der Waals surface area (Å²) in [6, 6.07) is 6.80. The van der Waals surface area contributed by atoms with Crippen molar-refractivity contribution in [1.82, 2.24) is 0 Å². The lowest BCUT2D eigenvalue weighted by atomic mass is 9.93. The molecule has 1 aromatic carbocycles. The topological polar surface area (TPSA) is 23.8 Å². The number of halogens is 2. The Bertz CT molecular complexity index is 417. The highest BCUT2D eigenvalue weighted by Crippen LogP contribution is 2.57. The first-order chi connectivity index (χ1) is 7.15. The Morgan fingerprint density at radius 3 is 2.87 bits per heavy atom.